The number of oxime groups is 1. The number of methoxy groups -OCH3 is 1. The highest BCUT2D eigenvalue weighted by atomic mass is 19.1. The van der Waals surface area contributed by atoms with E-state index < -0.39 is 11.9 Å². The lowest BCUT2D eigenvalue weighted by molar-refractivity contribution is 0.0405. The van der Waals surface area contributed by atoms with Crippen LogP contribution in [0.15, 0.2) is 78.0 Å². The fourth-order valence-electron chi connectivity index (χ4n) is 3.64. The number of hydrogen-bond donors (Lipinski definition) is 0. The number of hydrogen-bond acceptors (Lipinski definition) is 4. The molecule has 0 radical (unpaired) electrons. The first-order valence-electron chi connectivity index (χ1n) is 10.2. The number of rotatable bonds is 7. The smallest absolute Gasteiger partial charge is 0.254 e. The van der Waals surface area contributed by atoms with Crippen molar-refractivity contribution in [3.63, 3.8) is 0 Å². The van der Waals surface area contributed by atoms with E-state index in [9.17, 15) is 13.6 Å². The van der Waals surface area contributed by atoms with Crippen LogP contribution in [0.3, 0.4) is 0 Å². The molecule has 0 spiro atoms. The zero-order chi connectivity index (χ0) is 22.5. The molecule has 4 rings (SSSR count). The first kappa shape index (κ1) is 21.5. The summed E-state index contributed by atoms with van der Waals surface area (Å²) >= 11 is 0. The number of ether oxygens (including phenoxy) is 1. The van der Waals surface area contributed by atoms with Crippen molar-refractivity contribution in [1.29, 1.82) is 0 Å². The molecule has 1 heterocycles. The Morgan fingerprint density at radius 3 is 2.69 bits per heavy atom. The zero-order valence-electron chi connectivity index (χ0n) is 17.5. The van der Waals surface area contributed by atoms with E-state index >= 15 is 0 Å². The van der Waals surface area contributed by atoms with E-state index in [1.807, 2.05) is 24.3 Å². The van der Waals surface area contributed by atoms with Crippen LogP contribution >= 0.6 is 0 Å². The largest absolute Gasteiger partial charge is 0.497 e. The van der Waals surface area contributed by atoms with Crippen molar-refractivity contribution in [2.45, 2.75) is 19.1 Å². The van der Waals surface area contributed by atoms with Crippen molar-refractivity contribution in [3.8, 4) is 5.75 Å². The predicted octanol–water partition coefficient (Wildman–Crippen LogP) is 4.81. The topological polar surface area (TPSA) is 51.1 Å². The summed E-state index contributed by atoms with van der Waals surface area (Å²) in [6.07, 6.45) is -0.0980. The number of amides is 1. The van der Waals surface area contributed by atoms with Gasteiger partial charge in [-0.15, -0.1) is 0 Å². The van der Waals surface area contributed by atoms with Crippen LogP contribution in [0.5, 0.6) is 5.75 Å². The average Bonchev–Trinajstić information content (AvgIpc) is 3.27. The summed E-state index contributed by atoms with van der Waals surface area (Å²) in [6.45, 7) is 0.468. The van der Waals surface area contributed by atoms with E-state index in [1.165, 1.54) is 24.3 Å². The highest BCUT2D eigenvalue weighted by Gasteiger charge is 2.28. The Morgan fingerprint density at radius 1 is 1.09 bits per heavy atom. The van der Waals surface area contributed by atoms with Crippen molar-refractivity contribution in [2.75, 3.05) is 13.7 Å². The second-order valence-electron chi connectivity index (χ2n) is 7.50. The van der Waals surface area contributed by atoms with Gasteiger partial charge in [-0.1, -0.05) is 41.6 Å². The molecule has 164 valence electrons. The van der Waals surface area contributed by atoms with E-state index in [-0.39, 0.29) is 30.4 Å². The SMILES string of the molecule is COc1cccc(CN(CC2CC(c3ccccc3F)=NO2)C(=O)c2cccc(F)c2)c1. The molecule has 5 nitrogen and oxygen atoms in total. The maximum Gasteiger partial charge on any atom is 0.254 e. The third kappa shape index (κ3) is 4.94. The minimum Gasteiger partial charge on any atom is -0.497 e. The van der Waals surface area contributed by atoms with Crippen LogP contribution in [0.2, 0.25) is 0 Å². The number of carbonyl (C=O) groups excluding carboxylic acids is 1. The third-order valence-corrected chi connectivity index (χ3v) is 5.21. The molecule has 0 saturated carbocycles. The number of carbonyl (C=O) groups is 1. The van der Waals surface area contributed by atoms with Gasteiger partial charge < -0.3 is 14.5 Å². The van der Waals surface area contributed by atoms with Crippen LogP contribution in [0.25, 0.3) is 0 Å². The Morgan fingerprint density at radius 2 is 1.91 bits per heavy atom. The fraction of sp³-hybridized carbons (Fsp3) is 0.200. The summed E-state index contributed by atoms with van der Waals surface area (Å²) in [4.78, 5) is 20.3. The third-order valence-electron chi connectivity index (χ3n) is 5.21. The molecule has 1 aliphatic heterocycles. The van der Waals surface area contributed by atoms with Gasteiger partial charge in [-0.05, 0) is 42.0 Å². The van der Waals surface area contributed by atoms with Crippen LogP contribution in [-0.4, -0.2) is 36.3 Å². The molecule has 3 aromatic rings. The molecule has 32 heavy (non-hydrogen) atoms. The summed E-state index contributed by atoms with van der Waals surface area (Å²) in [5, 5.41) is 4.04. The highest BCUT2D eigenvalue weighted by Crippen LogP contribution is 2.22. The van der Waals surface area contributed by atoms with Gasteiger partial charge in [0.15, 0.2) is 6.10 Å². The number of nitrogens with zero attached hydrogens (tertiary/aromatic N) is 2. The summed E-state index contributed by atoms with van der Waals surface area (Å²) in [5.41, 5.74) is 1.96. The van der Waals surface area contributed by atoms with Gasteiger partial charge in [-0.25, -0.2) is 8.78 Å². The lowest BCUT2D eigenvalue weighted by Gasteiger charge is -2.25. The van der Waals surface area contributed by atoms with Crippen molar-refractivity contribution in [1.82, 2.24) is 4.90 Å². The van der Waals surface area contributed by atoms with Crippen LogP contribution in [0.4, 0.5) is 8.78 Å². The van der Waals surface area contributed by atoms with Crippen LogP contribution < -0.4 is 4.74 Å². The highest BCUT2D eigenvalue weighted by molar-refractivity contribution is 6.01. The molecule has 1 aliphatic rings. The molecular formula is C25H22F2N2O3. The van der Waals surface area contributed by atoms with Crippen molar-refractivity contribution < 1.29 is 23.1 Å². The standard InChI is InChI=1S/C25H22F2N2O3/c1-31-20-9-4-6-17(12-20)15-29(25(30)18-7-5-8-19(26)13-18)16-21-14-24(28-32-21)22-10-2-3-11-23(22)27/h2-13,21H,14-16H2,1H3. The monoisotopic (exact) mass is 436 g/mol. The van der Waals surface area contributed by atoms with Gasteiger partial charge in [0.1, 0.15) is 17.4 Å². The predicted molar refractivity (Wildman–Crippen MR) is 117 cm³/mol. The molecule has 0 saturated heterocycles. The Kier molecular flexibility index (Phi) is 6.44. The van der Waals surface area contributed by atoms with Gasteiger partial charge in [0.05, 0.1) is 19.4 Å². The molecule has 0 fully saturated rings. The van der Waals surface area contributed by atoms with Gasteiger partial charge in [-0.2, -0.15) is 0 Å². The van der Waals surface area contributed by atoms with E-state index in [1.54, 1.807) is 36.3 Å². The van der Waals surface area contributed by atoms with Gasteiger partial charge in [0, 0.05) is 24.1 Å². The molecule has 0 bridgehead atoms. The molecule has 7 heteroatoms. The first-order chi connectivity index (χ1) is 15.5. The van der Waals surface area contributed by atoms with Gasteiger partial charge in [0.25, 0.3) is 5.91 Å². The molecule has 0 N–H and O–H groups in total. The Balaban J connectivity index is 1.54. The minimum atomic E-state index is -0.487. The van der Waals surface area contributed by atoms with Gasteiger partial charge >= 0.3 is 0 Å². The van der Waals surface area contributed by atoms with Crippen molar-refractivity contribution in [2.24, 2.45) is 5.16 Å². The number of benzene rings is 3. The van der Waals surface area contributed by atoms with Crippen molar-refractivity contribution in [3.05, 3.63) is 101 Å². The van der Waals surface area contributed by atoms with E-state index in [0.29, 0.717) is 23.4 Å². The number of halogens is 2. The zero-order valence-corrected chi connectivity index (χ0v) is 17.5. The van der Waals surface area contributed by atoms with Crippen LogP contribution in [0.1, 0.15) is 27.9 Å². The molecular weight excluding hydrogens is 414 g/mol. The van der Waals surface area contributed by atoms with E-state index in [2.05, 4.69) is 5.16 Å². The Bertz CT molecular complexity index is 1150. The molecule has 3 aromatic carbocycles. The van der Waals surface area contributed by atoms with E-state index in [4.69, 9.17) is 9.57 Å². The fourth-order valence-corrected chi connectivity index (χ4v) is 3.64. The second kappa shape index (κ2) is 9.60. The lowest BCUT2D eigenvalue weighted by atomic mass is 10.0. The first-order valence-corrected chi connectivity index (χ1v) is 10.2. The van der Waals surface area contributed by atoms with Crippen molar-refractivity contribution >= 4 is 11.6 Å². The molecule has 0 aromatic heterocycles. The Hall–Kier alpha value is -3.74. The molecule has 1 unspecified atom stereocenters. The van der Waals surface area contributed by atoms with E-state index in [0.717, 1.165) is 5.56 Å². The summed E-state index contributed by atoms with van der Waals surface area (Å²) in [6, 6.07) is 19.3. The lowest BCUT2D eigenvalue weighted by Crippen LogP contribution is -2.37. The maximum absolute atomic E-state index is 14.1. The second-order valence-corrected chi connectivity index (χ2v) is 7.50. The van der Waals surface area contributed by atoms with Gasteiger partial charge in [-0.3, -0.25) is 4.79 Å². The van der Waals surface area contributed by atoms with Gasteiger partial charge in [0.2, 0.25) is 0 Å². The molecule has 1 amide bonds. The molecule has 1 atom stereocenters. The maximum atomic E-state index is 14.1. The summed E-state index contributed by atoms with van der Waals surface area (Å²) in [5.74, 6) is -0.530. The normalized spacial score (nSPS) is 15.1. The van der Waals surface area contributed by atoms with Crippen LogP contribution in [-0.2, 0) is 11.4 Å². The molecule has 0 aliphatic carbocycles. The quantitative estimate of drug-likeness (QED) is 0.534. The summed E-state index contributed by atoms with van der Waals surface area (Å²) < 4.78 is 33.1. The Labute approximate surface area is 184 Å². The minimum absolute atomic E-state index is 0.202. The van der Waals surface area contributed by atoms with Crippen LogP contribution in [0, 0.1) is 11.6 Å². The average molecular weight is 436 g/mol. The summed E-state index contributed by atoms with van der Waals surface area (Å²) in [7, 11) is 1.57.